The fourth-order valence-electron chi connectivity index (χ4n) is 1.92. The molecule has 0 spiro atoms. The van der Waals surface area contributed by atoms with Gasteiger partial charge in [0, 0.05) is 24.7 Å². The Kier molecular flexibility index (Phi) is 6.16. The van der Waals surface area contributed by atoms with Crippen molar-refractivity contribution in [3.63, 3.8) is 0 Å². The third kappa shape index (κ3) is 4.44. The molecule has 0 aromatic heterocycles. The maximum Gasteiger partial charge on any atom is 0.127 e. The van der Waals surface area contributed by atoms with Crippen molar-refractivity contribution in [1.82, 2.24) is 10.2 Å². The molecule has 1 unspecified atom stereocenters. The van der Waals surface area contributed by atoms with E-state index in [1.807, 2.05) is 19.1 Å². The lowest BCUT2D eigenvalue weighted by molar-refractivity contribution is 0.297. The van der Waals surface area contributed by atoms with Crippen LogP contribution in [0.5, 0.6) is 0 Å². The second kappa shape index (κ2) is 7.41. The Balaban J connectivity index is 2.40. The van der Waals surface area contributed by atoms with Crippen molar-refractivity contribution < 1.29 is 4.39 Å². The van der Waals surface area contributed by atoms with Crippen LogP contribution in [0.3, 0.4) is 0 Å². The Morgan fingerprint density at radius 1 is 1.24 bits per heavy atom. The number of hydrogen-bond donors (Lipinski definition) is 1. The number of benzene rings is 1. The van der Waals surface area contributed by atoms with Crippen molar-refractivity contribution in [1.29, 1.82) is 0 Å². The fraction of sp³-hybridized carbons (Fsp3) is 0.571. The highest BCUT2D eigenvalue weighted by Crippen LogP contribution is 2.15. The number of rotatable bonds is 7. The van der Waals surface area contributed by atoms with E-state index in [0.717, 1.165) is 31.7 Å². The number of nitrogens with one attached hydrogen (secondary N) is 1. The molecular weight excluding hydrogens is 215 g/mol. The molecule has 96 valence electrons. The van der Waals surface area contributed by atoms with Crippen LogP contribution in [0, 0.1) is 5.82 Å². The van der Waals surface area contributed by atoms with Gasteiger partial charge in [0.1, 0.15) is 5.82 Å². The number of hydrogen-bond acceptors (Lipinski definition) is 2. The molecule has 0 heterocycles. The summed E-state index contributed by atoms with van der Waals surface area (Å²) in [6, 6.07) is 7.01. The third-order valence-corrected chi connectivity index (χ3v) is 3.14. The zero-order chi connectivity index (χ0) is 12.7. The van der Waals surface area contributed by atoms with Crippen molar-refractivity contribution in [2.45, 2.75) is 26.8 Å². The fourth-order valence-corrected chi connectivity index (χ4v) is 1.92. The van der Waals surface area contributed by atoms with E-state index in [1.54, 1.807) is 6.07 Å². The number of likely N-dealkylation sites (N-methyl/N-ethyl adjacent to an activating group) is 1. The maximum atomic E-state index is 13.5. The van der Waals surface area contributed by atoms with E-state index in [0.29, 0.717) is 0 Å². The van der Waals surface area contributed by atoms with Crippen LogP contribution in [0.2, 0.25) is 0 Å². The largest absolute Gasteiger partial charge is 0.309 e. The molecular formula is C14H23FN2. The van der Waals surface area contributed by atoms with Crippen molar-refractivity contribution >= 4 is 0 Å². The minimum atomic E-state index is -0.129. The number of nitrogens with zero attached hydrogens (tertiary/aromatic N) is 1. The van der Waals surface area contributed by atoms with Crippen molar-refractivity contribution in [2.75, 3.05) is 26.2 Å². The van der Waals surface area contributed by atoms with Crippen LogP contribution in [0.4, 0.5) is 4.39 Å². The molecule has 1 N–H and O–H groups in total. The number of halogens is 1. The highest BCUT2D eigenvalue weighted by atomic mass is 19.1. The van der Waals surface area contributed by atoms with Gasteiger partial charge in [-0.1, -0.05) is 32.0 Å². The summed E-state index contributed by atoms with van der Waals surface area (Å²) in [7, 11) is 0. The monoisotopic (exact) mass is 238 g/mol. The van der Waals surface area contributed by atoms with Crippen LogP contribution in [0.1, 0.15) is 32.4 Å². The molecule has 0 radical (unpaired) electrons. The molecule has 0 bridgehead atoms. The molecule has 3 heteroatoms. The zero-order valence-electron chi connectivity index (χ0n) is 11.0. The van der Waals surface area contributed by atoms with E-state index in [4.69, 9.17) is 0 Å². The molecule has 1 rings (SSSR count). The highest BCUT2D eigenvalue weighted by molar-refractivity contribution is 5.20. The first-order valence-electron chi connectivity index (χ1n) is 6.39. The van der Waals surface area contributed by atoms with Gasteiger partial charge in [0.25, 0.3) is 0 Å². The normalized spacial score (nSPS) is 13.0. The van der Waals surface area contributed by atoms with Gasteiger partial charge in [-0.3, -0.25) is 0 Å². The van der Waals surface area contributed by atoms with Gasteiger partial charge >= 0.3 is 0 Å². The molecule has 0 amide bonds. The molecule has 0 saturated carbocycles. The van der Waals surface area contributed by atoms with E-state index >= 15 is 0 Å². The predicted octanol–water partition coefficient (Wildman–Crippen LogP) is 2.82. The minimum absolute atomic E-state index is 0.0618. The lowest BCUT2D eigenvalue weighted by atomic mass is 10.1. The van der Waals surface area contributed by atoms with Crippen LogP contribution in [0.15, 0.2) is 24.3 Å². The van der Waals surface area contributed by atoms with E-state index < -0.39 is 0 Å². The van der Waals surface area contributed by atoms with Crippen LogP contribution in [-0.2, 0) is 0 Å². The first kappa shape index (κ1) is 14.1. The van der Waals surface area contributed by atoms with Crippen molar-refractivity contribution in [2.24, 2.45) is 0 Å². The smallest absolute Gasteiger partial charge is 0.127 e. The maximum absolute atomic E-state index is 13.5. The Labute approximate surface area is 104 Å². The van der Waals surface area contributed by atoms with Crippen molar-refractivity contribution in [3.05, 3.63) is 35.6 Å². The van der Waals surface area contributed by atoms with Gasteiger partial charge in [0.15, 0.2) is 0 Å². The summed E-state index contributed by atoms with van der Waals surface area (Å²) in [4.78, 5) is 2.35. The summed E-state index contributed by atoms with van der Waals surface area (Å²) in [6.45, 7) is 10.3. The lowest BCUT2D eigenvalue weighted by Crippen LogP contribution is -2.33. The average Bonchev–Trinajstić information content (AvgIpc) is 2.35. The Bertz CT molecular complexity index is 324. The first-order valence-corrected chi connectivity index (χ1v) is 6.39. The summed E-state index contributed by atoms with van der Waals surface area (Å²) in [6.07, 6.45) is 0. The molecule has 1 aromatic carbocycles. The topological polar surface area (TPSA) is 15.3 Å². The van der Waals surface area contributed by atoms with Gasteiger partial charge in [-0.05, 0) is 26.1 Å². The first-order chi connectivity index (χ1) is 8.19. The Morgan fingerprint density at radius 3 is 2.47 bits per heavy atom. The molecule has 0 aliphatic carbocycles. The van der Waals surface area contributed by atoms with Crippen molar-refractivity contribution in [3.8, 4) is 0 Å². The summed E-state index contributed by atoms with van der Waals surface area (Å²) >= 11 is 0. The molecule has 0 aliphatic rings. The Hall–Kier alpha value is -0.930. The van der Waals surface area contributed by atoms with Crippen LogP contribution < -0.4 is 5.32 Å². The molecule has 1 atom stereocenters. The van der Waals surface area contributed by atoms with E-state index in [9.17, 15) is 4.39 Å². The van der Waals surface area contributed by atoms with Crippen LogP contribution in [0.25, 0.3) is 0 Å². The van der Waals surface area contributed by atoms with E-state index in [2.05, 4.69) is 24.1 Å². The molecule has 2 nitrogen and oxygen atoms in total. The van der Waals surface area contributed by atoms with Crippen LogP contribution >= 0.6 is 0 Å². The van der Waals surface area contributed by atoms with E-state index in [1.165, 1.54) is 6.07 Å². The van der Waals surface area contributed by atoms with Crippen LogP contribution in [-0.4, -0.2) is 31.1 Å². The minimum Gasteiger partial charge on any atom is -0.309 e. The molecule has 17 heavy (non-hydrogen) atoms. The lowest BCUT2D eigenvalue weighted by Gasteiger charge is -2.20. The standard InChI is InChI=1S/C14H23FN2/c1-4-17(5-2)11-10-16-12(3)13-8-6-7-9-14(13)15/h6-9,12,16H,4-5,10-11H2,1-3H3. The molecule has 0 aliphatic heterocycles. The van der Waals surface area contributed by atoms with Gasteiger partial charge in [0.2, 0.25) is 0 Å². The SMILES string of the molecule is CCN(CC)CCNC(C)c1ccccc1F. The third-order valence-electron chi connectivity index (χ3n) is 3.14. The van der Waals surface area contributed by atoms with Gasteiger partial charge in [-0.25, -0.2) is 4.39 Å². The van der Waals surface area contributed by atoms with Gasteiger partial charge in [-0.2, -0.15) is 0 Å². The summed E-state index contributed by atoms with van der Waals surface area (Å²) in [5.41, 5.74) is 0.743. The van der Waals surface area contributed by atoms with Gasteiger partial charge < -0.3 is 10.2 Å². The highest BCUT2D eigenvalue weighted by Gasteiger charge is 2.09. The second-order valence-electron chi connectivity index (χ2n) is 4.22. The molecule has 0 fully saturated rings. The van der Waals surface area contributed by atoms with Gasteiger partial charge in [0.05, 0.1) is 0 Å². The van der Waals surface area contributed by atoms with Gasteiger partial charge in [-0.15, -0.1) is 0 Å². The summed E-state index contributed by atoms with van der Waals surface area (Å²) in [5, 5.41) is 3.36. The predicted molar refractivity (Wildman–Crippen MR) is 70.6 cm³/mol. The van der Waals surface area contributed by atoms with E-state index in [-0.39, 0.29) is 11.9 Å². The molecule has 0 saturated heterocycles. The zero-order valence-corrected chi connectivity index (χ0v) is 11.0. The molecule has 1 aromatic rings. The summed E-state index contributed by atoms with van der Waals surface area (Å²) < 4.78 is 13.5. The second-order valence-corrected chi connectivity index (χ2v) is 4.22. The average molecular weight is 238 g/mol. The quantitative estimate of drug-likeness (QED) is 0.786. The Morgan fingerprint density at radius 2 is 1.88 bits per heavy atom. The summed E-state index contributed by atoms with van der Waals surface area (Å²) in [5.74, 6) is -0.129.